The highest BCUT2D eigenvalue weighted by atomic mass is 16.2. The normalized spacial score (nSPS) is 16.2. The van der Waals surface area contributed by atoms with Crippen molar-refractivity contribution in [2.75, 3.05) is 39.3 Å². The summed E-state index contributed by atoms with van der Waals surface area (Å²) in [6.07, 6.45) is 1.21. The summed E-state index contributed by atoms with van der Waals surface area (Å²) in [4.78, 5) is 26.1. The van der Waals surface area contributed by atoms with E-state index in [9.17, 15) is 9.59 Å². The molecule has 6 heteroatoms. The van der Waals surface area contributed by atoms with Crippen LogP contribution in [0.1, 0.15) is 36.9 Å². The monoisotopic (exact) mass is 346 g/mol. The van der Waals surface area contributed by atoms with Crippen molar-refractivity contribution in [2.45, 2.75) is 32.7 Å². The second kappa shape index (κ2) is 10.2. The Labute approximate surface area is 150 Å². The SMILES string of the molecule is CC(=O)NC(CC(=O)NCCCN1CCNCC1)c1ccc(C)cc1. The van der Waals surface area contributed by atoms with Crippen LogP contribution < -0.4 is 16.0 Å². The topological polar surface area (TPSA) is 73.5 Å². The summed E-state index contributed by atoms with van der Waals surface area (Å²) < 4.78 is 0. The maximum atomic E-state index is 12.2. The summed E-state index contributed by atoms with van der Waals surface area (Å²) in [6.45, 7) is 9.41. The minimum Gasteiger partial charge on any atom is -0.356 e. The van der Waals surface area contributed by atoms with E-state index in [1.54, 1.807) is 0 Å². The number of piperazine rings is 1. The molecule has 1 saturated heterocycles. The first kappa shape index (κ1) is 19.4. The Bertz CT molecular complexity index is 553. The molecule has 2 amide bonds. The molecule has 25 heavy (non-hydrogen) atoms. The van der Waals surface area contributed by atoms with Crippen LogP contribution in [0.4, 0.5) is 0 Å². The number of nitrogens with one attached hydrogen (secondary N) is 3. The number of carbonyl (C=O) groups excluding carboxylic acids is 2. The van der Waals surface area contributed by atoms with Crippen LogP contribution in [-0.4, -0.2) is 56.0 Å². The van der Waals surface area contributed by atoms with E-state index in [0.29, 0.717) is 6.54 Å². The first-order valence-corrected chi connectivity index (χ1v) is 9.08. The first-order chi connectivity index (χ1) is 12.0. The number of hydrogen-bond acceptors (Lipinski definition) is 4. The van der Waals surface area contributed by atoms with E-state index in [0.717, 1.165) is 50.3 Å². The van der Waals surface area contributed by atoms with E-state index in [4.69, 9.17) is 0 Å². The minimum atomic E-state index is -0.286. The summed E-state index contributed by atoms with van der Waals surface area (Å²) in [7, 11) is 0. The molecule has 1 aliphatic heterocycles. The first-order valence-electron chi connectivity index (χ1n) is 9.08. The van der Waals surface area contributed by atoms with Crippen molar-refractivity contribution < 1.29 is 9.59 Å². The molecule has 1 aromatic carbocycles. The fourth-order valence-corrected chi connectivity index (χ4v) is 3.02. The van der Waals surface area contributed by atoms with Gasteiger partial charge in [-0.1, -0.05) is 29.8 Å². The summed E-state index contributed by atoms with van der Waals surface area (Å²) in [6, 6.07) is 7.64. The quantitative estimate of drug-likeness (QED) is 0.614. The van der Waals surface area contributed by atoms with Gasteiger partial charge in [0.2, 0.25) is 11.8 Å². The highest BCUT2D eigenvalue weighted by Gasteiger charge is 2.17. The number of carbonyl (C=O) groups is 2. The molecule has 0 aromatic heterocycles. The van der Waals surface area contributed by atoms with Gasteiger partial charge in [-0.2, -0.15) is 0 Å². The van der Waals surface area contributed by atoms with Gasteiger partial charge in [0.1, 0.15) is 0 Å². The molecule has 6 nitrogen and oxygen atoms in total. The van der Waals surface area contributed by atoms with E-state index in [-0.39, 0.29) is 24.3 Å². The maximum Gasteiger partial charge on any atom is 0.222 e. The molecule has 0 aliphatic carbocycles. The molecule has 3 N–H and O–H groups in total. The lowest BCUT2D eigenvalue weighted by Crippen LogP contribution is -2.44. The van der Waals surface area contributed by atoms with Gasteiger partial charge in [0.05, 0.1) is 12.5 Å². The summed E-state index contributed by atoms with van der Waals surface area (Å²) in [5.74, 6) is -0.156. The molecule has 1 aliphatic rings. The Kier molecular flexibility index (Phi) is 7.88. The van der Waals surface area contributed by atoms with E-state index < -0.39 is 0 Å². The van der Waals surface area contributed by atoms with E-state index >= 15 is 0 Å². The van der Waals surface area contributed by atoms with E-state index in [1.807, 2.05) is 31.2 Å². The Morgan fingerprint density at radius 2 is 1.88 bits per heavy atom. The van der Waals surface area contributed by atoms with Crippen molar-refractivity contribution in [3.8, 4) is 0 Å². The number of benzene rings is 1. The molecule has 138 valence electrons. The molecule has 1 heterocycles. The zero-order valence-corrected chi connectivity index (χ0v) is 15.3. The number of hydrogen-bond donors (Lipinski definition) is 3. The molecule has 1 atom stereocenters. The van der Waals surface area contributed by atoms with Crippen molar-refractivity contribution in [1.29, 1.82) is 0 Å². The molecular formula is C19H30N4O2. The van der Waals surface area contributed by atoms with Crippen molar-refractivity contribution in [2.24, 2.45) is 0 Å². The van der Waals surface area contributed by atoms with E-state index in [1.165, 1.54) is 6.92 Å². The van der Waals surface area contributed by atoms with Crippen LogP contribution in [0.3, 0.4) is 0 Å². The summed E-state index contributed by atoms with van der Waals surface area (Å²) in [5, 5.41) is 9.18. The second-order valence-electron chi connectivity index (χ2n) is 6.66. The molecule has 1 unspecified atom stereocenters. The average molecular weight is 346 g/mol. The Morgan fingerprint density at radius 3 is 2.52 bits per heavy atom. The van der Waals surface area contributed by atoms with Gasteiger partial charge in [0.25, 0.3) is 0 Å². The smallest absolute Gasteiger partial charge is 0.222 e. The third kappa shape index (κ3) is 7.23. The zero-order chi connectivity index (χ0) is 18.1. The molecular weight excluding hydrogens is 316 g/mol. The van der Waals surface area contributed by atoms with Crippen molar-refractivity contribution in [3.05, 3.63) is 35.4 Å². The molecule has 0 saturated carbocycles. The van der Waals surface area contributed by atoms with Crippen LogP contribution in [-0.2, 0) is 9.59 Å². The lowest BCUT2D eigenvalue weighted by Gasteiger charge is -2.27. The van der Waals surface area contributed by atoms with Crippen LogP contribution in [0.25, 0.3) is 0 Å². The van der Waals surface area contributed by atoms with Crippen molar-refractivity contribution in [3.63, 3.8) is 0 Å². The average Bonchev–Trinajstić information content (AvgIpc) is 2.59. The van der Waals surface area contributed by atoms with Gasteiger partial charge in [-0.05, 0) is 25.5 Å². The van der Waals surface area contributed by atoms with Gasteiger partial charge in [0, 0.05) is 39.6 Å². The number of amides is 2. The number of nitrogens with zero attached hydrogens (tertiary/aromatic N) is 1. The predicted molar refractivity (Wildman–Crippen MR) is 99.3 cm³/mol. The highest BCUT2D eigenvalue weighted by Crippen LogP contribution is 2.17. The predicted octanol–water partition coefficient (Wildman–Crippen LogP) is 0.974. The zero-order valence-electron chi connectivity index (χ0n) is 15.3. The third-order valence-electron chi connectivity index (χ3n) is 4.43. The molecule has 1 fully saturated rings. The van der Waals surface area contributed by atoms with Gasteiger partial charge in [-0.25, -0.2) is 0 Å². The van der Waals surface area contributed by atoms with E-state index in [2.05, 4.69) is 20.9 Å². The Balaban J connectivity index is 1.76. The minimum absolute atomic E-state index is 0.0281. The van der Waals surface area contributed by atoms with Gasteiger partial charge < -0.3 is 20.9 Å². The van der Waals surface area contributed by atoms with Crippen molar-refractivity contribution >= 4 is 11.8 Å². The Hall–Kier alpha value is -1.92. The lowest BCUT2D eigenvalue weighted by atomic mass is 10.0. The van der Waals surface area contributed by atoms with Crippen molar-refractivity contribution in [1.82, 2.24) is 20.9 Å². The van der Waals surface area contributed by atoms with Crippen LogP contribution in [0.15, 0.2) is 24.3 Å². The number of rotatable bonds is 8. The third-order valence-corrected chi connectivity index (χ3v) is 4.43. The number of aryl methyl sites for hydroxylation is 1. The molecule has 0 spiro atoms. The van der Waals surface area contributed by atoms with Gasteiger partial charge in [-0.3, -0.25) is 9.59 Å². The van der Waals surface area contributed by atoms with Gasteiger partial charge in [0.15, 0.2) is 0 Å². The second-order valence-corrected chi connectivity index (χ2v) is 6.66. The van der Waals surface area contributed by atoms with Crippen LogP contribution >= 0.6 is 0 Å². The van der Waals surface area contributed by atoms with Crippen LogP contribution in [0, 0.1) is 6.92 Å². The maximum absolute atomic E-state index is 12.2. The van der Waals surface area contributed by atoms with Crippen LogP contribution in [0.2, 0.25) is 0 Å². The lowest BCUT2D eigenvalue weighted by molar-refractivity contribution is -0.122. The summed E-state index contributed by atoms with van der Waals surface area (Å²) in [5.41, 5.74) is 2.11. The molecule has 1 aromatic rings. The van der Waals surface area contributed by atoms with Gasteiger partial charge in [-0.15, -0.1) is 0 Å². The fraction of sp³-hybridized carbons (Fsp3) is 0.579. The Morgan fingerprint density at radius 1 is 1.20 bits per heavy atom. The summed E-state index contributed by atoms with van der Waals surface area (Å²) >= 11 is 0. The fourth-order valence-electron chi connectivity index (χ4n) is 3.02. The highest BCUT2D eigenvalue weighted by molar-refractivity contribution is 5.79. The standard InChI is InChI=1S/C19H30N4O2/c1-15-4-6-17(7-5-15)18(22-16(2)24)14-19(25)21-8-3-11-23-12-9-20-10-13-23/h4-7,18,20H,3,8-14H2,1-2H3,(H,21,25)(H,22,24). The van der Waals surface area contributed by atoms with Crippen LogP contribution in [0.5, 0.6) is 0 Å². The molecule has 0 bridgehead atoms. The van der Waals surface area contributed by atoms with Gasteiger partial charge >= 0.3 is 0 Å². The molecule has 0 radical (unpaired) electrons. The largest absolute Gasteiger partial charge is 0.356 e. The molecule has 2 rings (SSSR count).